The van der Waals surface area contributed by atoms with Crippen molar-refractivity contribution in [2.75, 3.05) is 20.3 Å². The molecule has 0 saturated heterocycles. The van der Waals surface area contributed by atoms with Gasteiger partial charge in [-0.15, -0.1) is 5.10 Å². The van der Waals surface area contributed by atoms with Crippen molar-refractivity contribution in [2.45, 2.75) is 39.2 Å². The molecule has 6 heteroatoms. The minimum atomic E-state index is -0.104. The first-order chi connectivity index (χ1) is 9.17. The number of aromatic amines is 1. The van der Waals surface area contributed by atoms with E-state index in [9.17, 15) is 4.79 Å². The first-order valence-electron chi connectivity index (χ1n) is 6.88. The zero-order valence-corrected chi connectivity index (χ0v) is 11.8. The topological polar surface area (TPSA) is 71.1 Å². The summed E-state index contributed by atoms with van der Waals surface area (Å²) >= 11 is 0. The van der Waals surface area contributed by atoms with Gasteiger partial charge in [0.05, 0.1) is 6.61 Å². The van der Waals surface area contributed by atoms with Crippen LogP contribution in [0.2, 0.25) is 0 Å². The fourth-order valence-corrected chi connectivity index (χ4v) is 2.19. The van der Waals surface area contributed by atoms with Crippen molar-refractivity contribution in [3.63, 3.8) is 0 Å². The van der Waals surface area contributed by atoms with Gasteiger partial charge in [-0.3, -0.25) is 9.89 Å². The van der Waals surface area contributed by atoms with Crippen molar-refractivity contribution in [1.82, 2.24) is 20.1 Å². The summed E-state index contributed by atoms with van der Waals surface area (Å²) in [5, 5.41) is 6.80. The highest BCUT2D eigenvalue weighted by Crippen LogP contribution is 2.35. The quantitative estimate of drug-likeness (QED) is 0.806. The molecule has 1 fully saturated rings. The molecule has 0 aliphatic heterocycles. The van der Waals surface area contributed by atoms with Gasteiger partial charge in [-0.25, -0.2) is 4.98 Å². The van der Waals surface area contributed by atoms with Crippen molar-refractivity contribution < 1.29 is 9.53 Å². The number of carbonyl (C=O) groups excluding carboxylic acids is 1. The maximum absolute atomic E-state index is 12.5. The maximum atomic E-state index is 12.5. The fourth-order valence-electron chi connectivity index (χ4n) is 2.19. The molecule has 1 amide bonds. The molecule has 1 aliphatic carbocycles. The summed E-state index contributed by atoms with van der Waals surface area (Å²) in [5.74, 6) is 1.52. The number of nitrogens with one attached hydrogen (secondary N) is 1. The Bertz CT molecular complexity index is 428. The molecular weight excluding hydrogens is 244 g/mol. The average molecular weight is 266 g/mol. The zero-order valence-electron chi connectivity index (χ0n) is 11.8. The van der Waals surface area contributed by atoms with Crippen molar-refractivity contribution in [2.24, 2.45) is 5.92 Å². The molecular formula is C13H22N4O2. The van der Waals surface area contributed by atoms with Crippen LogP contribution in [-0.2, 0) is 11.2 Å². The second-order valence-electron chi connectivity index (χ2n) is 5.03. The second-order valence-corrected chi connectivity index (χ2v) is 5.03. The van der Waals surface area contributed by atoms with Gasteiger partial charge in [0, 0.05) is 26.1 Å². The van der Waals surface area contributed by atoms with E-state index in [-0.39, 0.29) is 17.8 Å². The van der Waals surface area contributed by atoms with Gasteiger partial charge >= 0.3 is 0 Å². The highest BCUT2D eigenvalue weighted by atomic mass is 16.5. The molecule has 1 saturated carbocycles. The molecule has 19 heavy (non-hydrogen) atoms. The van der Waals surface area contributed by atoms with E-state index in [0.717, 1.165) is 12.2 Å². The van der Waals surface area contributed by atoms with Crippen LogP contribution in [0.15, 0.2) is 0 Å². The number of aromatic nitrogens is 3. The SMILES string of the molecule is CCc1nc(C(=O)N(CCOC)C(C)C2CC2)n[nH]1. The highest BCUT2D eigenvalue weighted by Gasteiger charge is 2.35. The summed E-state index contributed by atoms with van der Waals surface area (Å²) in [7, 11) is 1.65. The van der Waals surface area contributed by atoms with Crippen LogP contribution in [-0.4, -0.2) is 52.3 Å². The van der Waals surface area contributed by atoms with Gasteiger partial charge < -0.3 is 9.64 Å². The van der Waals surface area contributed by atoms with Gasteiger partial charge in [-0.2, -0.15) is 0 Å². The van der Waals surface area contributed by atoms with Crippen LogP contribution in [0.4, 0.5) is 0 Å². The number of ether oxygens (including phenoxy) is 1. The number of carbonyl (C=O) groups is 1. The Morgan fingerprint density at radius 2 is 2.32 bits per heavy atom. The largest absolute Gasteiger partial charge is 0.383 e. The van der Waals surface area contributed by atoms with Gasteiger partial charge in [0.15, 0.2) is 0 Å². The van der Waals surface area contributed by atoms with Gasteiger partial charge in [0.1, 0.15) is 5.82 Å². The predicted molar refractivity (Wildman–Crippen MR) is 70.9 cm³/mol. The summed E-state index contributed by atoms with van der Waals surface area (Å²) < 4.78 is 5.09. The Morgan fingerprint density at radius 3 is 2.84 bits per heavy atom. The summed E-state index contributed by atoms with van der Waals surface area (Å²) in [5.41, 5.74) is 0. The lowest BCUT2D eigenvalue weighted by molar-refractivity contribution is 0.0583. The Labute approximate surface area is 113 Å². The molecule has 6 nitrogen and oxygen atoms in total. The Kier molecular flexibility index (Phi) is 4.52. The summed E-state index contributed by atoms with van der Waals surface area (Å²) in [6.45, 7) is 5.19. The lowest BCUT2D eigenvalue weighted by Crippen LogP contribution is -2.42. The molecule has 2 rings (SSSR count). The number of methoxy groups -OCH3 is 1. The van der Waals surface area contributed by atoms with Crippen molar-refractivity contribution in [3.05, 3.63) is 11.6 Å². The van der Waals surface area contributed by atoms with Crippen LogP contribution in [0.5, 0.6) is 0 Å². The number of nitrogens with zero attached hydrogens (tertiary/aromatic N) is 3. The number of hydrogen-bond donors (Lipinski definition) is 1. The Hall–Kier alpha value is -1.43. The third kappa shape index (κ3) is 3.32. The number of H-pyrrole nitrogens is 1. The Balaban J connectivity index is 2.09. The molecule has 0 bridgehead atoms. The van der Waals surface area contributed by atoms with E-state index in [1.807, 2.05) is 11.8 Å². The van der Waals surface area contributed by atoms with Gasteiger partial charge in [0.2, 0.25) is 5.82 Å². The molecule has 0 spiro atoms. The predicted octanol–water partition coefficient (Wildman–Crippen LogP) is 1.25. The monoisotopic (exact) mass is 266 g/mol. The van der Waals surface area contributed by atoms with E-state index in [0.29, 0.717) is 19.1 Å². The first-order valence-corrected chi connectivity index (χ1v) is 6.88. The van der Waals surface area contributed by atoms with Crippen LogP contribution in [0.1, 0.15) is 43.1 Å². The smallest absolute Gasteiger partial charge is 0.293 e. The fraction of sp³-hybridized carbons (Fsp3) is 0.769. The van der Waals surface area contributed by atoms with E-state index < -0.39 is 0 Å². The van der Waals surface area contributed by atoms with Crippen molar-refractivity contribution in [1.29, 1.82) is 0 Å². The molecule has 1 heterocycles. The van der Waals surface area contributed by atoms with Crippen LogP contribution < -0.4 is 0 Å². The summed E-state index contributed by atoms with van der Waals surface area (Å²) in [4.78, 5) is 18.5. The van der Waals surface area contributed by atoms with Crippen molar-refractivity contribution >= 4 is 5.91 Å². The first kappa shape index (κ1) is 14.0. The zero-order chi connectivity index (χ0) is 13.8. The van der Waals surface area contributed by atoms with Crippen LogP contribution in [0, 0.1) is 5.92 Å². The normalized spacial score (nSPS) is 16.4. The van der Waals surface area contributed by atoms with E-state index in [1.165, 1.54) is 12.8 Å². The van der Waals surface area contributed by atoms with Crippen LogP contribution in [0.25, 0.3) is 0 Å². The lowest BCUT2D eigenvalue weighted by Gasteiger charge is -2.28. The number of amides is 1. The number of hydrogen-bond acceptors (Lipinski definition) is 4. The average Bonchev–Trinajstić information content (AvgIpc) is 3.16. The Morgan fingerprint density at radius 1 is 1.58 bits per heavy atom. The van der Waals surface area contributed by atoms with Gasteiger partial charge in [0.25, 0.3) is 5.91 Å². The molecule has 1 aromatic heterocycles. The van der Waals surface area contributed by atoms with E-state index in [2.05, 4.69) is 22.1 Å². The second kappa shape index (κ2) is 6.14. The third-order valence-corrected chi connectivity index (χ3v) is 3.65. The molecule has 1 aliphatic rings. The molecule has 106 valence electrons. The molecule has 0 radical (unpaired) electrons. The van der Waals surface area contributed by atoms with Crippen LogP contribution in [0.3, 0.4) is 0 Å². The lowest BCUT2D eigenvalue weighted by atomic mass is 10.2. The summed E-state index contributed by atoms with van der Waals surface area (Å²) in [6, 6.07) is 0.228. The van der Waals surface area contributed by atoms with Gasteiger partial charge in [-0.1, -0.05) is 6.92 Å². The third-order valence-electron chi connectivity index (χ3n) is 3.65. The molecule has 1 aromatic rings. The minimum Gasteiger partial charge on any atom is -0.383 e. The van der Waals surface area contributed by atoms with Crippen LogP contribution >= 0.6 is 0 Å². The van der Waals surface area contributed by atoms with Gasteiger partial charge in [-0.05, 0) is 25.7 Å². The number of rotatable bonds is 7. The standard InChI is InChI=1S/C13H22N4O2/c1-4-11-14-12(16-15-11)13(18)17(7-8-19-3)9(2)10-5-6-10/h9-10H,4-8H2,1-3H3,(H,14,15,16). The van der Waals surface area contributed by atoms with E-state index in [4.69, 9.17) is 4.74 Å². The molecule has 1 unspecified atom stereocenters. The molecule has 1 N–H and O–H groups in total. The molecule has 1 atom stereocenters. The van der Waals surface area contributed by atoms with E-state index in [1.54, 1.807) is 7.11 Å². The summed E-state index contributed by atoms with van der Waals surface area (Å²) in [6.07, 6.45) is 3.15. The maximum Gasteiger partial charge on any atom is 0.293 e. The minimum absolute atomic E-state index is 0.104. The van der Waals surface area contributed by atoms with Crippen molar-refractivity contribution in [3.8, 4) is 0 Å². The van der Waals surface area contributed by atoms with E-state index >= 15 is 0 Å². The number of aryl methyl sites for hydroxylation is 1. The highest BCUT2D eigenvalue weighted by molar-refractivity contribution is 5.90. The molecule has 0 aromatic carbocycles.